The van der Waals surface area contributed by atoms with E-state index in [2.05, 4.69) is 15.2 Å². The molecule has 1 unspecified atom stereocenters. The van der Waals surface area contributed by atoms with Crippen LogP contribution in [0.3, 0.4) is 0 Å². The molecule has 11 nitrogen and oxygen atoms in total. The van der Waals surface area contributed by atoms with Crippen LogP contribution in [0.5, 0.6) is 0 Å². The van der Waals surface area contributed by atoms with Gasteiger partial charge in [-0.1, -0.05) is 17.7 Å². The molecule has 1 amide bonds. The molecule has 1 atom stereocenters. The number of anilines is 1. The first kappa shape index (κ1) is 31.3. The second-order valence-corrected chi connectivity index (χ2v) is 14.0. The molecule has 0 aromatic carbocycles. The molecule has 3 aromatic rings. The summed E-state index contributed by atoms with van der Waals surface area (Å²) in [6.07, 6.45) is 7.11. The van der Waals surface area contributed by atoms with Gasteiger partial charge in [-0.05, 0) is 84.9 Å². The molecule has 222 valence electrons. The van der Waals surface area contributed by atoms with E-state index in [4.69, 9.17) is 30.3 Å². The summed E-state index contributed by atoms with van der Waals surface area (Å²) in [6, 6.07) is 5.44. The molecule has 1 saturated heterocycles. The summed E-state index contributed by atoms with van der Waals surface area (Å²) >= 11 is 5.93. The number of halogens is 1. The molecule has 1 aliphatic rings. The summed E-state index contributed by atoms with van der Waals surface area (Å²) < 4.78 is 32.7. The number of amides is 1. The van der Waals surface area contributed by atoms with Crippen molar-refractivity contribution >= 4 is 31.1 Å². The Hall–Kier alpha value is -2.69. The van der Waals surface area contributed by atoms with E-state index in [0.717, 1.165) is 29.5 Å². The molecule has 4 rings (SSSR count). The third-order valence-corrected chi connectivity index (χ3v) is 8.38. The fraction of sp³-hybridized carbons (Fsp3) is 0.536. The number of phosphoric acid groups is 1. The smallest absolute Gasteiger partial charge is 0.295 e. The molecule has 0 saturated carbocycles. The van der Waals surface area contributed by atoms with E-state index in [1.54, 1.807) is 75.8 Å². The van der Waals surface area contributed by atoms with Gasteiger partial charge in [-0.3, -0.25) is 23.3 Å². The average Bonchev–Trinajstić information content (AvgIpc) is 3.27. The van der Waals surface area contributed by atoms with Crippen molar-refractivity contribution in [2.24, 2.45) is 5.92 Å². The third kappa shape index (κ3) is 8.42. The standard InChI is InChI=1S/C28H38ClN6O5P/c1-19-15-31-32-17-22(19)23-14-25(33-35(23)18-38-41(37,39-27(2,3)4)40-28(5,6)7)34-12-8-9-21(26(34)36)13-20-10-11-24(29)30-16-20/h10-11,14-17,21H,8-9,12-13,18H2,1-7H3. The van der Waals surface area contributed by atoms with Crippen LogP contribution in [0.15, 0.2) is 36.8 Å². The van der Waals surface area contributed by atoms with E-state index in [0.29, 0.717) is 29.6 Å². The molecule has 0 spiro atoms. The second-order valence-electron chi connectivity index (χ2n) is 12.1. The summed E-state index contributed by atoms with van der Waals surface area (Å²) in [4.78, 5) is 19.5. The van der Waals surface area contributed by atoms with Crippen LogP contribution in [0.2, 0.25) is 5.15 Å². The van der Waals surface area contributed by atoms with Gasteiger partial charge in [-0.15, -0.1) is 0 Å². The first-order valence-electron chi connectivity index (χ1n) is 13.6. The van der Waals surface area contributed by atoms with Crippen LogP contribution in [0.25, 0.3) is 11.3 Å². The Balaban J connectivity index is 1.65. The first-order chi connectivity index (χ1) is 19.1. The average molecular weight is 605 g/mol. The van der Waals surface area contributed by atoms with Gasteiger partial charge in [-0.2, -0.15) is 15.3 Å². The van der Waals surface area contributed by atoms with Gasteiger partial charge in [0.15, 0.2) is 12.5 Å². The molecule has 0 aliphatic carbocycles. The lowest BCUT2D eigenvalue weighted by Crippen LogP contribution is -2.42. The predicted molar refractivity (Wildman–Crippen MR) is 156 cm³/mol. The molecule has 0 radical (unpaired) electrons. The Morgan fingerprint density at radius 3 is 2.34 bits per heavy atom. The summed E-state index contributed by atoms with van der Waals surface area (Å²) in [6.45, 7) is 12.8. The Morgan fingerprint density at radius 2 is 1.73 bits per heavy atom. The molecule has 41 heavy (non-hydrogen) atoms. The molecule has 1 fully saturated rings. The fourth-order valence-electron chi connectivity index (χ4n) is 4.55. The number of hydrogen-bond donors (Lipinski definition) is 0. The Bertz CT molecular complexity index is 1400. The van der Waals surface area contributed by atoms with Crippen molar-refractivity contribution < 1.29 is 22.9 Å². The number of pyridine rings is 1. The van der Waals surface area contributed by atoms with Crippen LogP contribution in [-0.2, 0) is 36.1 Å². The number of hydrogen-bond acceptors (Lipinski definition) is 9. The predicted octanol–water partition coefficient (Wildman–Crippen LogP) is 6.40. The molecule has 13 heteroatoms. The van der Waals surface area contributed by atoms with Crippen molar-refractivity contribution in [2.75, 3.05) is 11.4 Å². The summed E-state index contributed by atoms with van der Waals surface area (Å²) in [7, 11) is -4.02. The number of nitrogens with zero attached hydrogens (tertiary/aromatic N) is 6. The van der Waals surface area contributed by atoms with Crippen LogP contribution in [-0.4, -0.2) is 48.6 Å². The van der Waals surface area contributed by atoms with Crippen LogP contribution < -0.4 is 4.90 Å². The topological polar surface area (TPSA) is 122 Å². The van der Waals surface area contributed by atoms with Gasteiger partial charge in [-0.25, -0.2) is 14.2 Å². The number of carbonyl (C=O) groups is 1. The van der Waals surface area contributed by atoms with Gasteiger partial charge in [0.25, 0.3) is 0 Å². The van der Waals surface area contributed by atoms with E-state index >= 15 is 0 Å². The van der Waals surface area contributed by atoms with E-state index < -0.39 is 19.0 Å². The van der Waals surface area contributed by atoms with Gasteiger partial charge in [0.1, 0.15) is 5.15 Å². The summed E-state index contributed by atoms with van der Waals surface area (Å²) in [5.41, 5.74) is 1.59. The van der Waals surface area contributed by atoms with Crippen LogP contribution in [0, 0.1) is 12.8 Å². The highest BCUT2D eigenvalue weighted by atomic mass is 35.5. The third-order valence-electron chi connectivity index (χ3n) is 6.18. The number of rotatable bonds is 9. The Morgan fingerprint density at radius 1 is 1.05 bits per heavy atom. The quantitative estimate of drug-likeness (QED) is 0.202. The Labute approximate surface area is 246 Å². The van der Waals surface area contributed by atoms with Crippen LogP contribution in [0.1, 0.15) is 65.5 Å². The highest BCUT2D eigenvalue weighted by Crippen LogP contribution is 2.55. The highest BCUT2D eigenvalue weighted by molar-refractivity contribution is 7.48. The molecule has 0 N–H and O–H groups in total. The van der Waals surface area contributed by atoms with Crippen molar-refractivity contribution in [1.29, 1.82) is 0 Å². The maximum absolute atomic E-state index is 13.7. The largest absolute Gasteiger partial charge is 0.477 e. The lowest BCUT2D eigenvalue weighted by atomic mass is 9.91. The zero-order chi connectivity index (χ0) is 30.0. The van der Waals surface area contributed by atoms with Crippen molar-refractivity contribution in [3.63, 3.8) is 0 Å². The minimum atomic E-state index is -4.02. The minimum Gasteiger partial charge on any atom is -0.295 e. The molecule has 0 bridgehead atoms. The molecular weight excluding hydrogens is 567 g/mol. The second kappa shape index (κ2) is 12.3. The van der Waals surface area contributed by atoms with E-state index in [9.17, 15) is 9.36 Å². The fourth-order valence-corrected chi connectivity index (χ4v) is 6.39. The van der Waals surface area contributed by atoms with Gasteiger partial charge >= 0.3 is 7.82 Å². The minimum absolute atomic E-state index is 0.0225. The zero-order valence-electron chi connectivity index (χ0n) is 24.6. The lowest BCUT2D eigenvalue weighted by Gasteiger charge is -2.31. The normalized spacial score (nSPS) is 16.8. The number of aryl methyl sites for hydroxylation is 1. The monoisotopic (exact) mass is 604 g/mol. The van der Waals surface area contributed by atoms with Gasteiger partial charge in [0.05, 0.1) is 29.3 Å². The number of piperidine rings is 1. The van der Waals surface area contributed by atoms with Gasteiger partial charge < -0.3 is 0 Å². The number of phosphoric ester groups is 1. The van der Waals surface area contributed by atoms with E-state index in [1.807, 2.05) is 19.1 Å². The maximum Gasteiger partial charge on any atom is 0.477 e. The highest BCUT2D eigenvalue weighted by Gasteiger charge is 2.38. The van der Waals surface area contributed by atoms with Gasteiger partial charge in [0, 0.05) is 30.3 Å². The van der Waals surface area contributed by atoms with Crippen LogP contribution in [0.4, 0.5) is 5.82 Å². The molecule has 4 heterocycles. The van der Waals surface area contributed by atoms with Crippen molar-refractivity contribution in [1.82, 2.24) is 25.0 Å². The Kier molecular flexibility index (Phi) is 9.35. The first-order valence-corrected chi connectivity index (χ1v) is 15.4. The molecule has 1 aliphatic heterocycles. The lowest BCUT2D eigenvalue weighted by molar-refractivity contribution is -0.123. The SMILES string of the molecule is Cc1cnncc1-c1cc(N2CCCC(Cc3ccc(Cl)nc3)C2=O)nn1COP(=O)(OC(C)(C)C)OC(C)(C)C. The van der Waals surface area contributed by atoms with Gasteiger partial charge in [0.2, 0.25) is 5.91 Å². The van der Waals surface area contributed by atoms with Crippen molar-refractivity contribution in [3.8, 4) is 11.3 Å². The number of carbonyl (C=O) groups excluding carboxylic acids is 1. The molecular formula is C28H38ClN6O5P. The summed E-state index contributed by atoms with van der Waals surface area (Å²) in [5.74, 6) is 0.222. The van der Waals surface area contributed by atoms with E-state index in [-0.39, 0.29) is 18.6 Å². The maximum atomic E-state index is 13.7. The number of aromatic nitrogens is 5. The van der Waals surface area contributed by atoms with Crippen molar-refractivity contribution in [3.05, 3.63) is 53.1 Å². The van der Waals surface area contributed by atoms with Crippen molar-refractivity contribution in [2.45, 2.75) is 85.7 Å². The van der Waals surface area contributed by atoms with E-state index in [1.165, 1.54) is 0 Å². The summed E-state index contributed by atoms with van der Waals surface area (Å²) in [5, 5.41) is 13.1. The zero-order valence-corrected chi connectivity index (χ0v) is 26.3. The van der Waals surface area contributed by atoms with Crippen LogP contribution >= 0.6 is 19.4 Å². The molecule has 3 aromatic heterocycles.